The van der Waals surface area contributed by atoms with Gasteiger partial charge >= 0.3 is 0 Å². The molecule has 0 aromatic carbocycles. The molecule has 2 aliphatic carbocycles. The van der Waals surface area contributed by atoms with E-state index in [-0.39, 0.29) is 34.3 Å². The molecule has 4 rings (SSSR count). The van der Waals surface area contributed by atoms with E-state index in [2.05, 4.69) is 0 Å². The molecule has 2 aliphatic rings. The molecule has 0 bridgehead atoms. The zero-order valence-electron chi connectivity index (χ0n) is 12.1. The van der Waals surface area contributed by atoms with Gasteiger partial charge in [0.1, 0.15) is 0 Å². The summed E-state index contributed by atoms with van der Waals surface area (Å²) < 4.78 is 1.75. The van der Waals surface area contributed by atoms with E-state index in [1.54, 1.807) is 0 Å². The van der Waals surface area contributed by atoms with Gasteiger partial charge < -0.3 is 0 Å². The van der Waals surface area contributed by atoms with Crippen molar-refractivity contribution in [2.24, 2.45) is 0 Å². The van der Waals surface area contributed by atoms with Crippen molar-refractivity contribution in [3.63, 3.8) is 0 Å². The van der Waals surface area contributed by atoms with Crippen LogP contribution < -0.4 is 0 Å². The second kappa shape index (κ2) is 5.43. The fourth-order valence-electron chi connectivity index (χ4n) is 2.65. The SMILES string of the molecule is O=C1C=CC(=O)C(c2sc3ccsc3c2C2=CC(=O)C=CC2=O)=C1. The van der Waals surface area contributed by atoms with Crippen molar-refractivity contribution in [1.82, 2.24) is 0 Å². The average Bonchev–Trinajstić information content (AvgIpc) is 3.13. The summed E-state index contributed by atoms with van der Waals surface area (Å²) in [5, 5.41) is 1.89. The minimum absolute atomic E-state index is 0.265. The van der Waals surface area contributed by atoms with Crippen LogP contribution in [0.4, 0.5) is 0 Å². The maximum atomic E-state index is 12.3. The molecule has 0 radical (unpaired) electrons. The van der Waals surface area contributed by atoms with E-state index in [0.717, 1.165) is 9.40 Å². The number of carbonyl (C=O) groups is 4. The molecule has 4 nitrogen and oxygen atoms in total. The van der Waals surface area contributed by atoms with Crippen molar-refractivity contribution in [3.05, 3.63) is 58.3 Å². The van der Waals surface area contributed by atoms with Gasteiger partial charge in [0.05, 0.1) is 4.70 Å². The Bertz CT molecular complexity index is 1070. The third-order valence-electron chi connectivity index (χ3n) is 3.71. The van der Waals surface area contributed by atoms with E-state index in [1.165, 1.54) is 59.1 Å². The van der Waals surface area contributed by atoms with Crippen molar-refractivity contribution < 1.29 is 19.2 Å². The molecule has 0 unspecified atom stereocenters. The van der Waals surface area contributed by atoms with Gasteiger partial charge in [0, 0.05) is 26.3 Å². The third-order valence-corrected chi connectivity index (χ3v) is 5.96. The van der Waals surface area contributed by atoms with E-state index in [0.29, 0.717) is 10.4 Å². The zero-order valence-corrected chi connectivity index (χ0v) is 13.7. The Morgan fingerprint density at radius 3 is 2.08 bits per heavy atom. The lowest BCUT2D eigenvalue weighted by Crippen LogP contribution is -2.10. The van der Waals surface area contributed by atoms with Crippen LogP contribution >= 0.6 is 22.7 Å². The molecule has 0 spiro atoms. The molecule has 0 fully saturated rings. The van der Waals surface area contributed by atoms with E-state index in [1.807, 2.05) is 11.4 Å². The number of fused-ring (bicyclic) bond motifs is 1. The number of allylic oxidation sites excluding steroid dienone is 8. The van der Waals surface area contributed by atoms with Gasteiger partial charge in [-0.2, -0.15) is 0 Å². The fraction of sp³-hybridized carbons (Fsp3) is 0. The van der Waals surface area contributed by atoms with E-state index in [9.17, 15) is 19.2 Å². The molecule has 6 heteroatoms. The Hall–Kier alpha value is -2.70. The van der Waals surface area contributed by atoms with Crippen LogP contribution in [-0.2, 0) is 19.2 Å². The summed E-state index contributed by atoms with van der Waals surface area (Å²) >= 11 is 2.78. The normalized spacial score (nSPS) is 17.7. The van der Waals surface area contributed by atoms with Gasteiger partial charge in [0.25, 0.3) is 0 Å². The lowest BCUT2D eigenvalue weighted by molar-refractivity contribution is -0.113. The second-order valence-electron chi connectivity index (χ2n) is 5.24. The van der Waals surface area contributed by atoms with Crippen LogP contribution in [0.5, 0.6) is 0 Å². The lowest BCUT2D eigenvalue weighted by atomic mass is 9.92. The molecule has 0 aliphatic heterocycles. The highest BCUT2D eigenvalue weighted by Crippen LogP contribution is 2.44. The first kappa shape index (κ1) is 14.9. The Labute approximate surface area is 144 Å². The van der Waals surface area contributed by atoms with E-state index >= 15 is 0 Å². The highest BCUT2D eigenvalue weighted by atomic mass is 32.1. The number of hydrogen-bond donors (Lipinski definition) is 0. The van der Waals surface area contributed by atoms with Crippen molar-refractivity contribution in [2.75, 3.05) is 0 Å². The number of thiophene rings is 2. The maximum absolute atomic E-state index is 12.3. The van der Waals surface area contributed by atoms with Gasteiger partial charge in [0.2, 0.25) is 0 Å². The van der Waals surface area contributed by atoms with Crippen LogP contribution in [0.1, 0.15) is 10.4 Å². The summed E-state index contributed by atoms with van der Waals surface area (Å²) in [6.07, 6.45) is 7.49. The summed E-state index contributed by atoms with van der Waals surface area (Å²) in [5.74, 6) is -1.11. The van der Waals surface area contributed by atoms with Crippen molar-refractivity contribution in [1.29, 1.82) is 0 Å². The first-order valence-electron chi connectivity index (χ1n) is 7.01. The quantitative estimate of drug-likeness (QED) is 0.779. The van der Waals surface area contributed by atoms with Gasteiger partial charge in [0.15, 0.2) is 23.1 Å². The molecule has 0 atom stereocenters. The molecule has 0 N–H and O–H groups in total. The Morgan fingerprint density at radius 1 is 0.750 bits per heavy atom. The largest absolute Gasteiger partial charge is 0.290 e. The Kier molecular flexibility index (Phi) is 3.37. The summed E-state index contributed by atoms with van der Waals surface area (Å²) in [6, 6.07) is 1.90. The van der Waals surface area contributed by atoms with Gasteiger partial charge in [-0.15, -0.1) is 22.7 Å². The minimum Gasteiger partial charge on any atom is -0.290 e. The standard InChI is InChI=1S/C18H8O4S2/c19-9-1-3-13(21)11(7-9)16-17(24-15-5-6-23-18(15)16)12-8-10(20)2-4-14(12)22/h1-8H. The fourth-order valence-corrected chi connectivity index (χ4v) is 5.06. The van der Waals surface area contributed by atoms with Crippen molar-refractivity contribution >= 4 is 66.4 Å². The van der Waals surface area contributed by atoms with Gasteiger partial charge in [-0.05, 0) is 47.9 Å². The maximum Gasteiger partial charge on any atom is 0.187 e. The zero-order chi connectivity index (χ0) is 16.8. The molecule has 0 saturated carbocycles. The first-order valence-corrected chi connectivity index (χ1v) is 8.71. The number of hydrogen-bond acceptors (Lipinski definition) is 6. The van der Waals surface area contributed by atoms with E-state index < -0.39 is 0 Å². The van der Waals surface area contributed by atoms with E-state index in [4.69, 9.17) is 0 Å². The van der Waals surface area contributed by atoms with Crippen LogP contribution in [0.2, 0.25) is 0 Å². The molecule has 0 amide bonds. The molecule has 2 heterocycles. The number of rotatable bonds is 2. The summed E-state index contributed by atoms with van der Waals surface area (Å²) in [5.41, 5.74) is 1.10. The molecule has 24 heavy (non-hydrogen) atoms. The Morgan fingerprint density at radius 2 is 1.38 bits per heavy atom. The first-order chi connectivity index (χ1) is 11.5. The van der Waals surface area contributed by atoms with Gasteiger partial charge in [-0.25, -0.2) is 0 Å². The number of ketones is 4. The lowest BCUT2D eigenvalue weighted by Gasteiger charge is -2.11. The summed E-state index contributed by atoms with van der Waals surface area (Å²) in [6.45, 7) is 0. The van der Waals surface area contributed by atoms with Gasteiger partial charge in [-0.3, -0.25) is 19.2 Å². The molecular formula is C18H8O4S2. The summed E-state index contributed by atoms with van der Waals surface area (Å²) in [7, 11) is 0. The summed E-state index contributed by atoms with van der Waals surface area (Å²) in [4.78, 5) is 48.5. The molecular weight excluding hydrogens is 344 g/mol. The third kappa shape index (κ3) is 2.28. The van der Waals surface area contributed by atoms with Crippen LogP contribution in [0, 0.1) is 0 Å². The van der Waals surface area contributed by atoms with Crippen LogP contribution in [0.25, 0.3) is 20.5 Å². The predicted molar refractivity (Wildman–Crippen MR) is 94.0 cm³/mol. The average molecular weight is 352 g/mol. The van der Waals surface area contributed by atoms with Crippen LogP contribution in [0.3, 0.4) is 0 Å². The molecule has 116 valence electrons. The highest BCUT2D eigenvalue weighted by molar-refractivity contribution is 7.28. The monoisotopic (exact) mass is 352 g/mol. The van der Waals surface area contributed by atoms with Crippen LogP contribution in [0.15, 0.2) is 47.9 Å². The van der Waals surface area contributed by atoms with Crippen molar-refractivity contribution in [2.45, 2.75) is 0 Å². The predicted octanol–water partition coefficient (Wildman–Crippen LogP) is 3.15. The van der Waals surface area contributed by atoms with Crippen molar-refractivity contribution in [3.8, 4) is 0 Å². The molecule has 2 aromatic heterocycles. The smallest absolute Gasteiger partial charge is 0.187 e. The van der Waals surface area contributed by atoms with Gasteiger partial charge in [-0.1, -0.05) is 0 Å². The topological polar surface area (TPSA) is 68.3 Å². The highest BCUT2D eigenvalue weighted by Gasteiger charge is 2.28. The Balaban J connectivity index is 2.00. The second-order valence-corrected chi connectivity index (χ2v) is 7.20. The molecule has 0 saturated heterocycles. The minimum atomic E-state index is -0.283. The van der Waals surface area contributed by atoms with Crippen LogP contribution in [-0.4, -0.2) is 23.1 Å². The number of carbonyl (C=O) groups excluding carboxylic acids is 4. The molecule has 2 aromatic rings.